The van der Waals surface area contributed by atoms with Crippen LogP contribution in [0.5, 0.6) is 5.75 Å². The van der Waals surface area contributed by atoms with Gasteiger partial charge in [-0.1, -0.05) is 29.8 Å². The molecule has 3 aromatic rings. The van der Waals surface area contributed by atoms with Crippen molar-refractivity contribution in [2.24, 2.45) is 0 Å². The van der Waals surface area contributed by atoms with E-state index in [1.165, 1.54) is 5.69 Å². The first kappa shape index (κ1) is 17.1. The molecule has 1 aromatic heterocycles. The maximum Gasteiger partial charge on any atom is 0.134 e. The van der Waals surface area contributed by atoms with Crippen molar-refractivity contribution in [1.29, 1.82) is 0 Å². The molecule has 0 radical (unpaired) electrons. The number of fused-ring (bicyclic) bond motifs is 1. The van der Waals surface area contributed by atoms with E-state index in [1.54, 1.807) is 7.11 Å². The Kier molecular flexibility index (Phi) is 4.96. The monoisotopic (exact) mass is 367 g/mol. The third-order valence-corrected chi connectivity index (χ3v) is 5.28. The van der Waals surface area contributed by atoms with Gasteiger partial charge in [-0.3, -0.25) is 4.90 Å². The van der Waals surface area contributed by atoms with Crippen LogP contribution in [0.1, 0.15) is 5.56 Å². The summed E-state index contributed by atoms with van der Waals surface area (Å²) in [5, 5.41) is 1.75. The summed E-state index contributed by atoms with van der Waals surface area (Å²) in [5.74, 6) is 0.894. The maximum absolute atomic E-state index is 6.42. The lowest BCUT2D eigenvalue weighted by atomic mass is 10.1. The minimum Gasteiger partial charge on any atom is -0.497 e. The Morgan fingerprint density at radius 2 is 1.73 bits per heavy atom. The molecule has 5 heteroatoms. The van der Waals surface area contributed by atoms with Crippen molar-refractivity contribution in [3.8, 4) is 5.75 Å². The molecular formula is C21H22ClN3O. The molecule has 0 amide bonds. The zero-order valence-corrected chi connectivity index (χ0v) is 15.6. The third-order valence-electron chi connectivity index (χ3n) is 4.95. The zero-order valence-electron chi connectivity index (χ0n) is 14.9. The van der Waals surface area contributed by atoms with Crippen molar-refractivity contribution in [3.63, 3.8) is 0 Å². The minimum atomic E-state index is 0.612. The quantitative estimate of drug-likeness (QED) is 0.645. The van der Waals surface area contributed by atoms with Crippen molar-refractivity contribution in [3.05, 3.63) is 65.3 Å². The molecule has 1 aliphatic heterocycles. The molecule has 2 heterocycles. The van der Waals surface area contributed by atoms with Crippen molar-refractivity contribution in [2.45, 2.75) is 6.54 Å². The Hall–Kier alpha value is -2.30. The molecule has 0 N–H and O–H groups in total. The fraction of sp³-hybridized carbons (Fsp3) is 0.286. The highest BCUT2D eigenvalue weighted by molar-refractivity contribution is 6.30. The average Bonchev–Trinajstić information content (AvgIpc) is 2.69. The predicted molar refractivity (Wildman–Crippen MR) is 107 cm³/mol. The molecule has 26 heavy (non-hydrogen) atoms. The predicted octanol–water partition coefficient (Wildman–Crippen LogP) is 4.22. The first-order chi connectivity index (χ1) is 12.7. The van der Waals surface area contributed by atoms with E-state index in [4.69, 9.17) is 16.3 Å². The first-order valence-electron chi connectivity index (χ1n) is 8.88. The summed E-state index contributed by atoms with van der Waals surface area (Å²) < 4.78 is 5.24. The van der Waals surface area contributed by atoms with E-state index in [2.05, 4.69) is 39.0 Å². The third kappa shape index (κ3) is 3.62. The number of halogens is 1. The SMILES string of the molecule is COc1ccc(N2CCN(Cc3cc4ccccc4nc3Cl)CC2)cc1. The molecule has 1 saturated heterocycles. The topological polar surface area (TPSA) is 28.6 Å². The van der Waals surface area contributed by atoms with Gasteiger partial charge < -0.3 is 9.64 Å². The molecule has 4 nitrogen and oxygen atoms in total. The first-order valence-corrected chi connectivity index (χ1v) is 9.26. The van der Waals surface area contributed by atoms with Gasteiger partial charge >= 0.3 is 0 Å². The van der Waals surface area contributed by atoms with E-state index in [9.17, 15) is 0 Å². The number of aromatic nitrogens is 1. The molecule has 0 aliphatic carbocycles. The second-order valence-electron chi connectivity index (χ2n) is 6.59. The molecule has 134 valence electrons. The van der Waals surface area contributed by atoms with Gasteiger partial charge in [-0.05, 0) is 36.4 Å². The Labute approximate surface area is 159 Å². The normalized spacial score (nSPS) is 15.4. The van der Waals surface area contributed by atoms with Gasteiger partial charge in [-0.15, -0.1) is 0 Å². The van der Waals surface area contributed by atoms with Gasteiger partial charge in [0.25, 0.3) is 0 Å². The number of piperazine rings is 1. The van der Waals surface area contributed by atoms with Crippen molar-refractivity contribution in [2.75, 3.05) is 38.2 Å². The number of anilines is 1. The van der Waals surface area contributed by atoms with E-state index in [-0.39, 0.29) is 0 Å². The largest absolute Gasteiger partial charge is 0.497 e. The Bertz CT molecular complexity index is 889. The fourth-order valence-electron chi connectivity index (χ4n) is 3.45. The van der Waals surface area contributed by atoms with E-state index in [1.807, 2.05) is 30.3 Å². The fourth-order valence-corrected chi connectivity index (χ4v) is 3.65. The number of hydrogen-bond acceptors (Lipinski definition) is 4. The van der Waals surface area contributed by atoms with Crippen LogP contribution in [0.15, 0.2) is 54.6 Å². The molecular weight excluding hydrogens is 346 g/mol. The molecule has 0 bridgehead atoms. The number of hydrogen-bond donors (Lipinski definition) is 0. The summed E-state index contributed by atoms with van der Waals surface area (Å²) in [6, 6.07) is 18.6. The number of nitrogens with zero attached hydrogens (tertiary/aromatic N) is 3. The van der Waals surface area contributed by atoms with Gasteiger partial charge in [0.05, 0.1) is 12.6 Å². The highest BCUT2D eigenvalue weighted by Gasteiger charge is 2.18. The van der Waals surface area contributed by atoms with E-state index >= 15 is 0 Å². The van der Waals surface area contributed by atoms with Crippen LogP contribution in [0, 0.1) is 0 Å². The van der Waals surface area contributed by atoms with Crippen LogP contribution in [0.3, 0.4) is 0 Å². The van der Waals surface area contributed by atoms with Gasteiger partial charge in [-0.25, -0.2) is 4.98 Å². The average molecular weight is 368 g/mol. The Balaban J connectivity index is 1.41. The molecule has 0 spiro atoms. The second kappa shape index (κ2) is 7.52. The maximum atomic E-state index is 6.42. The van der Waals surface area contributed by atoms with Crippen LogP contribution in [0.4, 0.5) is 5.69 Å². The summed E-state index contributed by atoms with van der Waals surface area (Å²) in [6.07, 6.45) is 0. The molecule has 1 aliphatic rings. The summed E-state index contributed by atoms with van der Waals surface area (Å²) in [7, 11) is 1.69. The molecule has 0 saturated carbocycles. The smallest absolute Gasteiger partial charge is 0.134 e. The van der Waals surface area contributed by atoms with Gasteiger partial charge in [0.1, 0.15) is 10.9 Å². The van der Waals surface area contributed by atoms with Gasteiger partial charge in [0, 0.05) is 49.4 Å². The molecule has 1 fully saturated rings. The zero-order chi connectivity index (χ0) is 17.9. The second-order valence-corrected chi connectivity index (χ2v) is 6.95. The number of benzene rings is 2. The highest BCUT2D eigenvalue weighted by atomic mass is 35.5. The minimum absolute atomic E-state index is 0.612. The summed E-state index contributed by atoms with van der Waals surface area (Å²) in [4.78, 5) is 9.39. The van der Waals surface area contributed by atoms with Gasteiger partial charge in [-0.2, -0.15) is 0 Å². The summed E-state index contributed by atoms with van der Waals surface area (Å²) in [6.45, 7) is 4.87. The Morgan fingerprint density at radius 3 is 2.46 bits per heavy atom. The number of para-hydroxylation sites is 1. The summed E-state index contributed by atoms with van der Waals surface area (Å²) >= 11 is 6.42. The van der Waals surface area contributed by atoms with Crippen LogP contribution in [-0.4, -0.2) is 43.2 Å². The van der Waals surface area contributed by atoms with Gasteiger partial charge in [0.15, 0.2) is 0 Å². The van der Waals surface area contributed by atoms with Crippen LogP contribution in [0.2, 0.25) is 5.15 Å². The van der Waals surface area contributed by atoms with Crippen LogP contribution in [0.25, 0.3) is 10.9 Å². The number of rotatable bonds is 4. The van der Waals surface area contributed by atoms with Crippen LogP contribution in [-0.2, 0) is 6.54 Å². The lowest BCUT2D eigenvalue weighted by Gasteiger charge is -2.36. The lowest BCUT2D eigenvalue weighted by Crippen LogP contribution is -2.46. The van der Waals surface area contributed by atoms with E-state index < -0.39 is 0 Å². The van der Waals surface area contributed by atoms with Crippen molar-refractivity contribution < 1.29 is 4.74 Å². The molecule has 4 rings (SSSR count). The Morgan fingerprint density at radius 1 is 1.00 bits per heavy atom. The van der Waals surface area contributed by atoms with Crippen molar-refractivity contribution in [1.82, 2.24) is 9.88 Å². The number of methoxy groups -OCH3 is 1. The van der Waals surface area contributed by atoms with Crippen LogP contribution < -0.4 is 9.64 Å². The van der Waals surface area contributed by atoms with E-state index in [0.717, 1.165) is 54.9 Å². The lowest BCUT2D eigenvalue weighted by molar-refractivity contribution is 0.250. The van der Waals surface area contributed by atoms with Gasteiger partial charge in [0.2, 0.25) is 0 Å². The number of ether oxygens (including phenoxy) is 1. The van der Waals surface area contributed by atoms with Crippen LogP contribution >= 0.6 is 11.6 Å². The summed E-state index contributed by atoms with van der Waals surface area (Å²) in [5.41, 5.74) is 3.30. The number of pyridine rings is 1. The van der Waals surface area contributed by atoms with Crippen molar-refractivity contribution >= 4 is 28.2 Å². The molecule has 2 aromatic carbocycles. The molecule has 0 unspecified atom stereocenters. The highest BCUT2D eigenvalue weighted by Crippen LogP contribution is 2.24. The molecule has 0 atom stereocenters. The van der Waals surface area contributed by atoms with E-state index in [0.29, 0.717) is 5.15 Å². The standard InChI is InChI=1S/C21H22ClN3O/c1-26-19-8-6-18(7-9-19)25-12-10-24(11-13-25)15-17-14-16-4-2-3-5-20(16)23-21(17)22/h2-9,14H,10-13,15H2,1H3.